The second-order valence-electron chi connectivity index (χ2n) is 11.2. The van der Waals surface area contributed by atoms with Gasteiger partial charge >= 0.3 is 6.09 Å². The van der Waals surface area contributed by atoms with Crippen LogP contribution >= 0.6 is 34.5 Å². The average molecular weight is 612 g/mol. The van der Waals surface area contributed by atoms with Gasteiger partial charge in [-0.2, -0.15) is 0 Å². The summed E-state index contributed by atoms with van der Waals surface area (Å²) in [5.74, 6) is -0.669. The van der Waals surface area contributed by atoms with E-state index in [1.165, 1.54) is 28.4 Å². The van der Waals surface area contributed by atoms with Crippen LogP contribution in [0, 0.1) is 5.82 Å². The zero-order valence-electron chi connectivity index (χ0n) is 23.5. The summed E-state index contributed by atoms with van der Waals surface area (Å²) >= 11 is 14.2. The molecule has 4 rings (SSSR count). The highest BCUT2D eigenvalue weighted by atomic mass is 35.5. The molecule has 1 N–H and O–H groups in total. The Kier molecular flexibility index (Phi) is 8.85. The van der Waals surface area contributed by atoms with Crippen molar-refractivity contribution in [1.82, 2.24) is 15.1 Å². The van der Waals surface area contributed by atoms with Crippen LogP contribution in [0.15, 0.2) is 30.3 Å². The molecule has 216 valence electrons. The number of carbonyl (C=O) groups is 1. The molecule has 12 heteroatoms. The number of hydrogen-bond acceptors (Lipinski definition) is 8. The number of aromatic nitrogens is 2. The predicted octanol–water partition coefficient (Wildman–Crippen LogP) is 7.89. The Hall–Kier alpha value is -2.66. The molecule has 1 amide bonds. The molecule has 8 nitrogen and oxygen atoms in total. The summed E-state index contributed by atoms with van der Waals surface area (Å²) in [6.07, 6.45) is -0.531. The first-order chi connectivity index (χ1) is 18.6. The summed E-state index contributed by atoms with van der Waals surface area (Å²) in [5.41, 5.74) is 0.423. The average Bonchev–Trinajstić information content (AvgIpc) is 3.43. The van der Waals surface area contributed by atoms with Gasteiger partial charge in [0.2, 0.25) is 0 Å². The van der Waals surface area contributed by atoms with Crippen LogP contribution in [-0.4, -0.2) is 57.8 Å². The molecular weight excluding hydrogens is 578 g/mol. The van der Waals surface area contributed by atoms with Gasteiger partial charge in [-0.1, -0.05) is 34.5 Å². The normalized spacial score (nSPS) is 16.9. The van der Waals surface area contributed by atoms with Crippen molar-refractivity contribution in [2.24, 2.45) is 0 Å². The van der Waals surface area contributed by atoms with Crippen LogP contribution in [0.4, 0.5) is 14.9 Å². The minimum Gasteiger partial charge on any atom is -0.488 e. The van der Waals surface area contributed by atoms with Crippen LogP contribution < -0.4 is 10.1 Å². The van der Waals surface area contributed by atoms with Crippen LogP contribution in [0.2, 0.25) is 10.0 Å². The second kappa shape index (κ2) is 11.7. The second-order valence-corrected chi connectivity index (χ2v) is 13.0. The number of benzene rings is 2. The molecule has 0 saturated carbocycles. The number of anilines is 1. The maximum absolute atomic E-state index is 15.2. The van der Waals surface area contributed by atoms with Gasteiger partial charge in [-0.25, -0.2) is 9.18 Å². The number of hydrogen-bond donors (Lipinski definition) is 1. The van der Waals surface area contributed by atoms with Crippen LogP contribution in [0.3, 0.4) is 0 Å². The van der Waals surface area contributed by atoms with Crippen molar-refractivity contribution in [2.75, 3.05) is 18.5 Å². The first-order valence-corrected chi connectivity index (χ1v) is 14.4. The summed E-state index contributed by atoms with van der Waals surface area (Å²) < 4.78 is 32.3. The zero-order valence-corrected chi connectivity index (χ0v) is 25.8. The van der Waals surface area contributed by atoms with Crippen molar-refractivity contribution in [1.29, 1.82) is 0 Å². The lowest BCUT2D eigenvalue weighted by molar-refractivity contribution is -0.0637. The molecule has 1 saturated heterocycles. The quantitative estimate of drug-likeness (QED) is 0.291. The first kappa shape index (κ1) is 30.3. The molecular formula is C28H33Cl2FN4O4S. The highest BCUT2D eigenvalue weighted by Crippen LogP contribution is 2.39. The monoisotopic (exact) mass is 610 g/mol. The number of ether oxygens (including phenoxy) is 3. The maximum Gasteiger partial charge on any atom is 0.413 e. The molecule has 0 aliphatic carbocycles. The number of nitrogens with one attached hydrogen (secondary N) is 1. The Balaban J connectivity index is 1.49. The van der Waals surface area contributed by atoms with Gasteiger partial charge in [0.15, 0.2) is 11.6 Å². The number of halogens is 3. The van der Waals surface area contributed by atoms with Gasteiger partial charge in [-0.3, -0.25) is 4.90 Å². The Labute approximate surface area is 247 Å². The van der Waals surface area contributed by atoms with E-state index in [2.05, 4.69) is 15.5 Å². The van der Waals surface area contributed by atoms with Gasteiger partial charge < -0.3 is 19.5 Å². The summed E-state index contributed by atoms with van der Waals surface area (Å²) in [4.78, 5) is 14.3. The first-order valence-electron chi connectivity index (χ1n) is 12.8. The fourth-order valence-electron chi connectivity index (χ4n) is 4.20. The van der Waals surface area contributed by atoms with Crippen LogP contribution in [0.5, 0.6) is 5.75 Å². The number of carbonyl (C=O) groups excluding carboxylic acids is 1. The third-order valence-corrected chi connectivity index (χ3v) is 7.56. The largest absolute Gasteiger partial charge is 0.488 e. The Morgan fingerprint density at radius 2 is 1.90 bits per heavy atom. The summed E-state index contributed by atoms with van der Waals surface area (Å²) in [6, 6.07) is 8.02. The lowest BCUT2D eigenvalue weighted by Gasteiger charge is -2.35. The van der Waals surface area contributed by atoms with Crippen molar-refractivity contribution in [3.8, 4) is 26.9 Å². The van der Waals surface area contributed by atoms with E-state index in [1.54, 1.807) is 34.6 Å². The van der Waals surface area contributed by atoms with Crippen molar-refractivity contribution in [2.45, 2.75) is 71.9 Å². The molecule has 1 fully saturated rings. The van der Waals surface area contributed by atoms with E-state index in [-0.39, 0.29) is 30.0 Å². The van der Waals surface area contributed by atoms with Crippen molar-refractivity contribution >= 4 is 46.3 Å². The molecule has 0 unspecified atom stereocenters. The van der Waals surface area contributed by atoms with Crippen LogP contribution in [0.25, 0.3) is 21.1 Å². The molecule has 2 heterocycles. The summed E-state index contributed by atoms with van der Waals surface area (Å²) in [5, 5.41) is 13.6. The molecule has 1 aliphatic rings. The van der Waals surface area contributed by atoms with Gasteiger partial charge in [0.1, 0.15) is 27.9 Å². The fraction of sp³-hybridized carbons (Fsp3) is 0.464. The smallest absolute Gasteiger partial charge is 0.413 e. The van der Waals surface area contributed by atoms with E-state index in [1.807, 2.05) is 32.0 Å². The summed E-state index contributed by atoms with van der Waals surface area (Å²) in [6.45, 7) is 13.2. The van der Waals surface area contributed by atoms with E-state index in [0.29, 0.717) is 20.6 Å². The summed E-state index contributed by atoms with van der Waals surface area (Å²) in [7, 11) is 0. The highest BCUT2D eigenvalue weighted by Gasteiger charge is 2.46. The Morgan fingerprint density at radius 3 is 2.55 bits per heavy atom. The number of amides is 1. The lowest BCUT2D eigenvalue weighted by Crippen LogP contribution is -2.51. The van der Waals surface area contributed by atoms with E-state index >= 15 is 4.39 Å². The molecule has 0 spiro atoms. The third kappa shape index (κ3) is 6.97. The number of rotatable bonds is 7. The SMILES string of the molecule is CC(C)Nc1ccc(-c2nnc(-c3cc(F)c(OC[C@H]4COC(C)(C)N4C(=O)OC(C)(C)C)cc3Cl)s2)cc1Cl. The van der Waals surface area contributed by atoms with E-state index in [0.717, 1.165) is 11.3 Å². The highest BCUT2D eigenvalue weighted by molar-refractivity contribution is 7.18. The van der Waals surface area contributed by atoms with Crippen molar-refractivity contribution < 1.29 is 23.4 Å². The minimum absolute atomic E-state index is 0.0132. The molecule has 0 radical (unpaired) electrons. The van der Waals surface area contributed by atoms with Gasteiger partial charge in [0, 0.05) is 23.2 Å². The van der Waals surface area contributed by atoms with Gasteiger partial charge in [0.05, 0.1) is 28.4 Å². The fourth-order valence-corrected chi connectivity index (χ4v) is 5.60. The van der Waals surface area contributed by atoms with Gasteiger partial charge in [-0.15, -0.1) is 10.2 Å². The number of nitrogens with zero attached hydrogens (tertiary/aromatic N) is 3. The Morgan fingerprint density at radius 1 is 1.20 bits per heavy atom. The van der Waals surface area contributed by atoms with Crippen LogP contribution in [0.1, 0.15) is 48.5 Å². The molecule has 40 heavy (non-hydrogen) atoms. The van der Waals surface area contributed by atoms with Gasteiger partial charge in [-0.05, 0) is 72.7 Å². The molecule has 1 aliphatic heterocycles. The zero-order chi connectivity index (χ0) is 29.4. The molecule has 1 atom stereocenters. The van der Waals surface area contributed by atoms with Crippen molar-refractivity contribution in [3.05, 3.63) is 46.2 Å². The Bertz CT molecular complexity index is 1390. The van der Waals surface area contributed by atoms with Crippen LogP contribution in [-0.2, 0) is 9.47 Å². The topological polar surface area (TPSA) is 85.8 Å². The van der Waals surface area contributed by atoms with E-state index < -0.39 is 29.3 Å². The van der Waals surface area contributed by atoms with Crippen molar-refractivity contribution in [3.63, 3.8) is 0 Å². The third-order valence-electron chi connectivity index (χ3n) is 5.93. The maximum atomic E-state index is 15.2. The molecule has 2 aromatic carbocycles. The van der Waals surface area contributed by atoms with E-state index in [4.69, 9.17) is 37.4 Å². The molecule has 0 bridgehead atoms. The lowest BCUT2D eigenvalue weighted by atomic mass is 10.2. The van der Waals surface area contributed by atoms with E-state index in [9.17, 15) is 4.79 Å². The standard InChI is InChI=1S/C28H33Cl2FN4O4S/c1-15(2)32-22-9-8-16(10-20(22)30)24-33-34-25(40-24)18-11-21(31)23(12-19(18)29)37-13-17-14-38-28(6,7)35(17)26(36)39-27(3,4)5/h8-12,15,17,32H,13-14H2,1-7H3/t17-/m0/s1. The predicted molar refractivity (Wildman–Crippen MR) is 157 cm³/mol. The van der Waals surface area contributed by atoms with Gasteiger partial charge in [0.25, 0.3) is 0 Å². The minimum atomic E-state index is -0.901. The molecule has 1 aromatic heterocycles. The molecule has 3 aromatic rings.